The second kappa shape index (κ2) is 15.6. The summed E-state index contributed by atoms with van der Waals surface area (Å²) in [5.74, 6) is 8.06. The zero-order chi connectivity index (χ0) is 36.5. The van der Waals surface area contributed by atoms with Crippen molar-refractivity contribution in [1.82, 2.24) is 24.5 Å². The second-order valence-corrected chi connectivity index (χ2v) is 24.9. The van der Waals surface area contributed by atoms with Crippen LogP contribution in [0.5, 0.6) is 0 Å². The molecule has 5 heterocycles. The van der Waals surface area contributed by atoms with Crippen LogP contribution < -0.4 is 4.40 Å². The summed E-state index contributed by atoms with van der Waals surface area (Å²) in [5.41, 5.74) is 11.7. The van der Waals surface area contributed by atoms with Crippen molar-refractivity contribution in [3.63, 3.8) is 0 Å². The summed E-state index contributed by atoms with van der Waals surface area (Å²) in [4.78, 5) is 18.8. The van der Waals surface area contributed by atoms with Gasteiger partial charge >= 0.3 is 142 Å². The van der Waals surface area contributed by atoms with Gasteiger partial charge in [-0.05, 0) is 44.2 Å². The molecule has 6 nitrogen and oxygen atoms in total. The number of rotatable bonds is 6. The Morgan fingerprint density at radius 2 is 1.46 bits per heavy atom. The van der Waals surface area contributed by atoms with E-state index >= 15 is 0 Å². The molecule has 0 amide bonds. The molecule has 0 saturated carbocycles. The predicted octanol–water partition coefficient (Wildman–Crippen LogP) is 10.5. The van der Waals surface area contributed by atoms with Gasteiger partial charge < -0.3 is 8.98 Å². The summed E-state index contributed by atoms with van der Waals surface area (Å²) in [5, 5.41) is 2.00. The van der Waals surface area contributed by atoms with Gasteiger partial charge in [0.25, 0.3) is 0 Å². The first-order valence-corrected chi connectivity index (χ1v) is 25.2. The summed E-state index contributed by atoms with van der Waals surface area (Å²) in [6.45, 7) is 3.94. The third-order valence-electron chi connectivity index (χ3n) is 9.37. The third-order valence-corrected chi connectivity index (χ3v) is 13.7. The van der Waals surface area contributed by atoms with Crippen LogP contribution >= 0.6 is 0 Å². The van der Waals surface area contributed by atoms with Crippen molar-refractivity contribution in [2.45, 2.75) is 37.5 Å². The Balaban J connectivity index is 0.000000170. The van der Waals surface area contributed by atoms with E-state index in [0.717, 1.165) is 73.5 Å². The van der Waals surface area contributed by atoms with E-state index in [1.165, 1.54) is 15.5 Å². The number of aryl methyl sites for hydroxylation is 2. The molecule has 269 valence electrons. The first kappa shape index (κ1) is 37.1. The van der Waals surface area contributed by atoms with E-state index in [-0.39, 0.29) is 20.1 Å². The van der Waals surface area contributed by atoms with Crippen molar-refractivity contribution in [2.75, 3.05) is 0 Å². The molecule has 0 bridgehead atoms. The van der Waals surface area contributed by atoms with Gasteiger partial charge in [0, 0.05) is 42.6 Å². The molecule has 9 rings (SSSR count). The summed E-state index contributed by atoms with van der Waals surface area (Å²) in [6.07, 6.45) is 4.97. The minimum absolute atomic E-state index is 0. The average Bonchev–Trinajstić information content (AvgIpc) is 3.73. The molecule has 0 unspecified atom stereocenters. The number of furan rings is 1. The van der Waals surface area contributed by atoms with Gasteiger partial charge in [-0.15, -0.1) is 18.2 Å². The molecule has 0 fully saturated rings. The quantitative estimate of drug-likeness (QED) is 0.123. The summed E-state index contributed by atoms with van der Waals surface area (Å²) < 4.78 is 9.82. The number of hydrogen-bond acceptors (Lipinski definition) is 5. The van der Waals surface area contributed by atoms with Crippen LogP contribution in [-0.4, -0.2) is 37.8 Å². The van der Waals surface area contributed by atoms with Gasteiger partial charge in [-0.3, -0.25) is 9.97 Å². The van der Waals surface area contributed by atoms with Crippen LogP contribution in [-0.2, 0) is 26.5 Å². The first-order valence-electron chi connectivity index (χ1n) is 17.8. The molecule has 0 aliphatic carbocycles. The molecule has 4 aromatic carbocycles. The van der Waals surface area contributed by atoms with Crippen LogP contribution in [0, 0.1) is 26.0 Å². The smallest absolute Gasteiger partial charge is 0 e. The number of benzene rings is 4. The molecule has 1 radical (unpaired) electrons. The number of pyridine rings is 3. The number of imidazole rings is 1. The van der Waals surface area contributed by atoms with Crippen LogP contribution in [0.25, 0.3) is 61.4 Å². The van der Waals surface area contributed by atoms with Crippen molar-refractivity contribution in [3.8, 4) is 28.3 Å². The fourth-order valence-electron chi connectivity index (χ4n) is 6.80. The van der Waals surface area contributed by atoms with Crippen LogP contribution in [0.3, 0.4) is 0 Å². The van der Waals surface area contributed by atoms with Crippen molar-refractivity contribution in [2.24, 2.45) is 0 Å². The van der Waals surface area contributed by atoms with Gasteiger partial charge in [-0.2, -0.15) is 0 Å². The molecule has 0 spiro atoms. The Bertz CT molecular complexity index is 2700. The fraction of sp³-hybridized carbons (Fsp3) is 0.130. The topological polar surface area (TPSA) is 69.6 Å². The number of nitrogens with zero attached hydrogens (tertiary/aromatic N) is 5. The van der Waals surface area contributed by atoms with Crippen LogP contribution in [0.15, 0.2) is 138 Å². The Labute approximate surface area is 332 Å². The number of fused-ring (bicyclic) bond motifs is 4. The standard InChI is InChI=1S/C25H17N4O.C21H22GeN.Ir/c1-15-11-12-19-18-9-6-10-20(23(18)30-25(19)27-15)24-28-21-13-16(2)26-14-22(21)29(24)17-7-4-3-5-8-17;1-22(2,3)20-16-23-21(18-12-8-5-9-13-18)15-19(20)14-17-10-6-4-7-11-17;/h3-9,11-14H,1-2H3;4-12,15-16H,14H2,1-3H3;/q2*-1;. The summed E-state index contributed by atoms with van der Waals surface area (Å²) >= 11 is -1.96. The van der Waals surface area contributed by atoms with Crippen LogP contribution in [0.2, 0.25) is 17.3 Å². The Kier molecular flexibility index (Phi) is 10.8. The van der Waals surface area contributed by atoms with Gasteiger partial charge in [0.15, 0.2) is 0 Å². The Morgan fingerprint density at radius 1 is 0.704 bits per heavy atom. The molecule has 0 aliphatic heterocycles. The SMILES string of the molecule is Cc1cc2nc(-c3[c-]ccc4c3oc3nc(C)ccc34)n(-c3ccccc3)c2cn1.[CH3][Ge]([CH3])([CH3])[c]1cnc(-c2[c-]cccc2)cc1Cc1ccccc1.[Ir]. The van der Waals surface area contributed by atoms with Gasteiger partial charge in [0.05, 0.1) is 28.6 Å². The number of aromatic nitrogens is 5. The third kappa shape index (κ3) is 7.58. The maximum atomic E-state index is 6.22. The number of hydrogen-bond donors (Lipinski definition) is 0. The van der Waals surface area contributed by atoms with Crippen LogP contribution in [0.1, 0.15) is 22.5 Å². The zero-order valence-corrected chi connectivity index (χ0v) is 35.4. The minimum atomic E-state index is -1.96. The van der Waals surface area contributed by atoms with E-state index in [1.54, 1.807) is 0 Å². The normalized spacial score (nSPS) is 11.4. The summed E-state index contributed by atoms with van der Waals surface area (Å²) in [7, 11) is 0. The average molecular weight is 943 g/mol. The zero-order valence-electron chi connectivity index (χ0n) is 30.9. The Morgan fingerprint density at radius 3 is 2.20 bits per heavy atom. The molecule has 5 aromatic heterocycles. The maximum absolute atomic E-state index is 6.22. The van der Waals surface area contributed by atoms with E-state index in [1.807, 2.05) is 80.7 Å². The van der Waals surface area contributed by atoms with Gasteiger partial charge in [0.2, 0.25) is 5.71 Å². The van der Waals surface area contributed by atoms with Crippen LogP contribution in [0.4, 0.5) is 0 Å². The van der Waals surface area contributed by atoms with E-state index in [9.17, 15) is 0 Å². The van der Waals surface area contributed by atoms with Gasteiger partial charge in [-0.1, -0.05) is 29.1 Å². The van der Waals surface area contributed by atoms with Crippen molar-refractivity contribution < 1.29 is 24.5 Å². The van der Waals surface area contributed by atoms with E-state index < -0.39 is 13.3 Å². The molecular formula is C46H39GeIrN5O-2. The molecule has 8 heteroatoms. The van der Waals surface area contributed by atoms with Gasteiger partial charge in [-0.25, -0.2) is 4.98 Å². The molecule has 9 aromatic rings. The van der Waals surface area contributed by atoms with Crippen molar-refractivity contribution in [3.05, 3.63) is 168 Å². The predicted molar refractivity (Wildman–Crippen MR) is 218 cm³/mol. The summed E-state index contributed by atoms with van der Waals surface area (Å²) in [6, 6.07) is 47.8. The Hall–Kier alpha value is -5.21. The molecule has 0 atom stereocenters. The van der Waals surface area contributed by atoms with Crippen molar-refractivity contribution in [1.29, 1.82) is 0 Å². The molecule has 54 heavy (non-hydrogen) atoms. The fourth-order valence-corrected chi connectivity index (χ4v) is 10.1. The van der Waals surface area contributed by atoms with E-state index in [2.05, 4.69) is 111 Å². The largest absolute Gasteiger partial charge is 0 e. The molecule has 0 saturated heterocycles. The molecule has 0 N–H and O–H groups in total. The molecular weight excluding hydrogens is 903 g/mol. The van der Waals surface area contributed by atoms with E-state index in [4.69, 9.17) is 14.4 Å². The molecule has 0 aliphatic rings. The number of para-hydroxylation sites is 1. The monoisotopic (exact) mass is 944 g/mol. The van der Waals surface area contributed by atoms with E-state index in [0.29, 0.717) is 5.71 Å². The van der Waals surface area contributed by atoms with Gasteiger partial charge in [0.1, 0.15) is 0 Å². The van der Waals surface area contributed by atoms with Crippen molar-refractivity contribution >= 4 is 50.8 Å². The minimum Gasteiger partial charge on any atom is 0 e. The first-order chi connectivity index (χ1) is 25.7. The maximum Gasteiger partial charge on any atom is 0 e. The second-order valence-electron chi connectivity index (χ2n) is 14.3.